The third kappa shape index (κ3) is 9.51. The number of rotatable bonds is 14. The van der Waals surface area contributed by atoms with Crippen LogP contribution in [0.3, 0.4) is 0 Å². The van der Waals surface area contributed by atoms with E-state index in [1.807, 2.05) is 43.0 Å². The fraction of sp³-hybridized carbons (Fsp3) is 0.560. The van der Waals surface area contributed by atoms with Gasteiger partial charge in [-0.25, -0.2) is 4.79 Å². The molecule has 0 bridgehead atoms. The molecule has 1 fully saturated rings. The maximum absolute atomic E-state index is 13.2. The lowest BCUT2D eigenvalue weighted by Gasteiger charge is -2.25. The summed E-state index contributed by atoms with van der Waals surface area (Å²) in [4.78, 5) is 68.5. The van der Waals surface area contributed by atoms with Crippen molar-refractivity contribution in [2.75, 3.05) is 29.7 Å². The molecule has 4 amide bonds. The quantitative estimate of drug-likeness (QED) is 0.265. The monoisotopic (exact) mass is 556 g/mol. The van der Waals surface area contributed by atoms with Gasteiger partial charge < -0.3 is 20.4 Å². The van der Waals surface area contributed by atoms with Crippen molar-refractivity contribution in [2.24, 2.45) is 5.92 Å². The molecule has 0 aliphatic carbocycles. The number of hydrogen-bond acceptors (Lipinski definition) is 7. The third-order valence-corrected chi connectivity index (χ3v) is 5.98. The molecular weight excluding hydrogens is 523 g/mol. The first-order valence-electron chi connectivity index (χ1n) is 12.2. The third-order valence-electron chi connectivity index (χ3n) is 5.64. The Labute approximate surface area is 226 Å². The molecule has 1 saturated heterocycles. The molecule has 1 aliphatic rings. The first-order valence-corrected chi connectivity index (χ1v) is 13.2. The Morgan fingerprint density at radius 1 is 0.973 bits per heavy atom. The number of nitrogens with zero attached hydrogens (tertiary/aromatic N) is 2. The summed E-state index contributed by atoms with van der Waals surface area (Å²) in [5.74, 6) is -2.26. The number of amides is 4. The topological polar surface area (TPSA) is 125 Å². The number of anilines is 1. The first-order chi connectivity index (χ1) is 17.5. The van der Waals surface area contributed by atoms with Crippen molar-refractivity contribution >= 4 is 58.5 Å². The van der Waals surface area contributed by atoms with Gasteiger partial charge in [-0.05, 0) is 30.0 Å². The van der Waals surface area contributed by atoms with E-state index in [1.165, 1.54) is 6.92 Å². The average molecular weight is 557 g/mol. The molecule has 1 aromatic carbocycles. The molecule has 0 spiro atoms. The van der Waals surface area contributed by atoms with Gasteiger partial charge in [0.25, 0.3) is 11.8 Å². The van der Waals surface area contributed by atoms with E-state index in [0.29, 0.717) is 29.9 Å². The van der Waals surface area contributed by atoms with Gasteiger partial charge in [-0.3, -0.25) is 19.2 Å². The van der Waals surface area contributed by atoms with Crippen molar-refractivity contribution in [1.82, 2.24) is 15.7 Å². The molecule has 1 aliphatic heterocycles. The molecule has 0 saturated carbocycles. The fourth-order valence-corrected chi connectivity index (χ4v) is 4.28. The van der Waals surface area contributed by atoms with E-state index in [9.17, 15) is 24.0 Å². The highest BCUT2D eigenvalue weighted by Crippen LogP contribution is 2.18. The number of hydroxylamine groups is 2. The van der Waals surface area contributed by atoms with Crippen LogP contribution in [0.25, 0.3) is 0 Å². The molecule has 1 heterocycles. The molecular formula is C25H34Cl2N4O6. The Hall–Kier alpha value is -2.85. The normalized spacial score (nSPS) is 14.9. The molecule has 204 valence electrons. The minimum atomic E-state index is -1.12. The van der Waals surface area contributed by atoms with E-state index >= 15 is 0 Å². The fourth-order valence-electron chi connectivity index (χ4n) is 3.88. The summed E-state index contributed by atoms with van der Waals surface area (Å²) in [5, 5.41) is 5.70. The van der Waals surface area contributed by atoms with Crippen molar-refractivity contribution < 1.29 is 28.8 Å². The number of imide groups is 1. The molecule has 10 nitrogen and oxygen atoms in total. The lowest BCUT2D eigenvalue weighted by Crippen LogP contribution is -2.53. The molecule has 0 aromatic heterocycles. The summed E-state index contributed by atoms with van der Waals surface area (Å²) < 4.78 is 0. The van der Waals surface area contributed by atoms with E-state index in [1.54, 1.807) is 0 Å². The molecule has 0 unspecified atom stereocenters. The van der Waals surface area contributed by atoms with Crippen LogP contribution in [0.15, 0.2) is 24.3 Å². The van der Waals surface area contributed by atoms with Crippen molar-refractivity contribution in [3.63, 3.8) is 0 Å². The van der Waals surface area contributed by atoms with Crippen LogP contribution in [0, 0.1) is 5.92 Å². The number of hydrogen-bond donors (Lipinski definition) is 2. The minimum Gasteiger partial charge on any atom is -0.369 e. The number of carbonyl (C=O) groups is 5. The van der Waals surface area contributed by atoms with Gasteiger partial charge in [-0.15, -0.1) is 28.3 Å². The van der Waals surface area contributed by atoms with Crippen LogP contribution in [0.1, 0.15) is 45.6 Å². The summed E-state index contributed by atoms with van der Waals surface area (Å²) in [5.41, 5.74) is 1.71. The summed E-state index contributed by atoms with van der Waals surface area (Å²) in [6.45, 7) is 6.26. The molecule has 12 heteroatoms. The molecule has 2 atom stereocenters. The summed E-state index contributed by atoms with van der Waals surface area (Å²) >= 11 is 11.8. The van der Waals surface area contributed by atoms with Crippen molar-refractivity contribution in [3.8, 4) is 0 Å². The van der Waals surface area contributed by atoms with Gasteiger partial charge in [0.05, 0.1) is 0 Å². The standard InChI is InChI=1S/C25H34Cl2N4O6/c1-16(2)14-21(25(36)37-31-22(33)8-9-23(31)34)29-24(35)20(28-17(3)32)15-18-4-6-19(7-5-18)30(12-10-26)13-11-27/h4-7,16,20-21H,8-15H2,1-3H3,(H,28,32)(H,29,35)/t20-,21-/m0/s1. The maximum Gasteiger partial charge on any atom is 0.355 e. The van der Waals surface area contributed by atoms with Gasteiger partial charge in [0, 0.05) is 56.7 Å². The Morgan fingerprint density at radius 3 is 2.03 bits per heavy atom. The summed E-state index contributed by atoms with van der Waals surface area (Å²) in [7, 11) is 0. The highest BCUT2D eigenvalue weighted by molar-refractivity contribution is 6.18. The van der Waals surface area contributed by atoms with E-state index in [-0.39, 0.29) is 31.6 Å². The number of halogens is 2. The maximum atomic E-state index is 13.2. The van der Waals surface area contributed by atoms with Gasteiger partial charge in [0.15, 0.2) is 0 Å². The predicted octanol–water partition coefficient (Wildman–Crippen LogP) is 2.16. The van der Waals surface area contributed by atoms with Crippen molar-refractivity contribution in [3.05, 3.63) is 29.8 Å². The number of benzene rings is 1. The van der Waals surface area contributed by atoms with Crippen LogP contribution in [-0.4, -0.2) is 71.6 Å². The van der Waals surface area contributed by atoms with Crippen molar-refractivity contribution in [2.45, 2.75) is 58.5 Å². The van der Waals surface area contributed by atoms with Crippen LogP contribution in [0.2, 0.25) is 0 Å². The predicted molar refractivity (Wildman–Crippen MR) is 140 cm³/mol. The van der Waals surface area contributed by atoms with E-state index < -0.39 is 41.7 Å². The first kappa shape index (κ1) is 30.4. The average Bonchev–Trinajstić information content (AvgIpc) is 3.15. The largest absolute Gasteiger partial charge is 0.369 e. The Balaban J connectivity index is 2.14. The van der Waals surface area contributed by atoms with Crippen LogP contribution in [0.5, 0.6) is 0 Å². The zero-order valence-electron chi connectivity index (χ0n) is 21.3. The lowest BCUT2D eigenvalue weighted by atomic mass is 10.0. The van der Waals surface area contributed by atoms with Gasteiger partial charge in [0.2, 0.25) is 11.8 Å². The van der Waals surface area contributed by atoms with E-state index in [4.69, 9.17) is 28.0 Å². The Morgan fingerprint density at radius 2 is 1.54 bits per heavy atom. The molecule has 1 aromatic rings. The van der Waals surface area contributed by atoms with Crippen LogP contribution in [0.4, 0.5) is 5.69 Å². The van der Waals surface area contributed by atoms with Gasteiger partial charge >= 0.3 is 5.97 Å². The smallest absolute Gasteiger partial charge is 0.355 e. The second-order valence-corrected chi connectivity index (χ2v) is 9.93. The second-order valence-electron chi connectivity index (χ2n) is 9.17. The Bertz CT molecular complexity index is 950. The van der Waals surface area contributed by atoms with Gasteiger partial charge in [-0.2, -0.15) is 0 Å². The zero-order valence-corrected chi connectivity index (χ0v) is 22.8. The number of carbonyl (C=O) groups excluding carboxylic acids is 5. The molecule has 37 heavy (non-hydrogen) atoms. The number of alkyl halides is 2. The van der Waals surface area contributed by atoms with Crippen LogP contribution >= 0.6 is 23.2 Å². The van der Waals surface area contributed by atoms with E-state index in [2.05, 4.69) is 10.6 Å². The van der Waals surface area contributed by atoms with Gasteiger partial charge in [0.1, 0.15) is 12.1 Å². The summed E-state index contributed by atoms with van der Waals surface area (Å²) in [6, 6.07) is 5.38. The van der Waals surface area contributed by atoms with Gasteiger partial charge in [-0.1, -0.05) is 26.0 Å². The SMILES string of the molecule is CC(=O)N[C@@H](Cc1ccc(N(CCCl)CCCl)cc1)C(=O)N[C@@H](CC(C)C)C(=O)ON1C(=O)CCC1=O. The highest BCUT2D eigenvalue weighted by atomic mass is 35.5. The number of nitrogens with one attached hydrogen (secondary N) is 2. The Kier molecular flexibility index (Phi) is 12.1. The molecule has 2 rings (SSSR count). The second kappa shape index (κ2) is 14.8. The lowest BCUT2D eigenvalue weighted by molar-refractivity contribution is -0.199. The zero-order chi connectivity index (χ0) is 27.5. The van der Waals surface area contributed by atoms with Crippen LogP contribution < -0.4 is 15.5 Å². The minimum absolute atomic E-state index is 0.0153. The van der Waals surface area contributed by atoms with Crippen molar-refractivity contribution in [1.29, 1.82) is 0 Å². The molecule has 2 N–H and O–H groups in total. The highest BCUT2D eigenvalue weighted by Gasteiger charge is 2.36. The van der Waals surface area contributed by atoms with Crippen LogP contribution in [-0.2, 0) is 35.2 Å². The summed E-state index contributed by atoms with van der Waals surface area (Å²) in [6.07, 6.45) is 0.307. The van der Waals surface area contributed by atoms with E-state index in [0.717, 1.165) is 11.3 Å². The molecule has 0 radical (unpaired) electrons.